The number of fused-ring (bicyclic) bond motifs is 1. The third-order valence-electron chi connectivity index (χ3n) is 2.78. The summed E-state index contributed by atoms with van der Waals surface area (Å²) >= 11 is 1.10. The quantitative estimate of drug-likeness (QED) is 0.594. The maximum absolute atomic E-state index is 10.6. The number of rotatable bonds is 2. The summed E-state index contributed by atoms with van der Waals surface area (Å²) in [6.07, 6.45) is 3.14. The van der Waals surface area contributed by atoms with E-state index in [1.54, 1.807) is 0 Å². The van der Waals surface area contributed by atoms with Crippen molar-refractivity contribution in [2.45, 2.75) is 13.1 Å². The van der Waals surface area contributed by atoms with Gasteiger partial charge in [-0.05, 0) is 11.3 Å². The Balaban J connectivity index is 1.86. The van der Waals surface area contributed by atoms with Crippen molar-refractivity contribution < 1.29 is 4.92 Å². The van der Waals surface area contributed by atoms with Crippen molar-refractivity contribution in [3.05, 3.63) is 33.8 Å². The molecule has 0 amide bonds. The fraction of sp³-hybridized carbons (Fsp3) is 0.333. The molecular weight excluding hydrogens is 242 g/mol. The molecule has 17 heavy (non-hydrogen) atoms. The number of aromatic nitrogens is 3. The Hall–Kier alpha value is -1.96. The monoisotopic (exact) mass is 251 g/mol. The fourth-order valence-corrected chi connectivity index (χ4v) is 2.64. The van der Waals surface area contributed by atoms with Crippen LogP contribution in [0.1, 0.15) is 11.3 Å². The number of nitrogens with zero attached hydrogens (tertiary/aromatic N) is 5. The number of aryl methyl sites for hydroxylation is 1. The fourth-order valence-electron chi connectivity index (χ4n) is 1.91. The second kappa shape index (κ2) is 3.52. The third-order valence-corrected chi connectivity index (χ3v) is 3.79. The first kappa shape index (κ1) is 10.2. The standard InChI is InChI=1S/C9H9N5O2S/c1-12-7-5-13(4-6(7)2-11-12)9-10-3-8(17-9)14(15)16/h2-3H,4-5H2,1H3. The first-order valence-corrected chi connectivity index (χ1v) is 5.81. The van der Waals surface area contributed by atoms with Crippen molar-refractivity contribution in [2.24, 2.45) is 7.05 Å². The van der Waals surface area contributed by atoms with Crippen LogP contribution in [0.2, 0.25) is 0 Å². The molecule has 2 aromatic heterocycles. The van der Waals surface area contributed by atoms with E-state index >= 15 is 0 Å². The van der Waals surface area contributed by atoms with Gasteiger partial charge in [0.1, 0.15) is 6.20 Å². The molecule has 0 radical (unpaired) electrons. The zero-order valence-corrected chi connectivity index (χ0v) is 9.85. The summed E-state index contributed by atoms with van der Waals surface area (Å²) in [7, 11) is 1.90. The Morgan fingerprint density at radius 3 is 2.94 bits per heavy atom. The Morgan fingerprint density at radius 1 is 1.47 bits per heavy atom. The van der Waals surface area contributed by atoms with Gasteiger partial charge in [0.15, 0.2) is 5.13 Å². The SMILES string of the molecule is Cn1ncc2c1CN(c1ncc([N+](=O)[O-])s1)C2. The molecule has 3 rings (SSSR count). The molecule has 0 saturated heterocycles. The van der Waals surface area contributed by atoms with E-state index in [1.165, 1.54) is 6.20 Å². The zero-order chi connectivity index (χ0) is 12.0. The van der Waals surface area contributed by atoms with Gasteiger partial charge in [-0.15, -0.1) is 0 Å². The van der Waals surface area contributed by atoms with E-state index in [9.17, 15) is 10.1 Å². The molecule has 0 bridgehead atoms. The van der Waals surface area contributed by atoms with E-state index < -0.39 is 4.92 Å². The highest BCUT2D eigenvalue weighted by Crippen LogP contribution is 2.33. The molecule has 0 aliphatic carbocycles. The van der Waals surface area contributed by atoms with E-state index in [0.29, 0.717) is 18.2 Å². The first-order valence-electron chi connectivity index (χ1n) is 5.00. The van der Waals surface area contributed by atoms with Gasteiger partial charge in [-0.2, -0.15) is 5.10 Å². The topological polar surface area (TPSA) is 77.1 Å². The van der Waals surface area contributed by atoms with Crippen molar-refractivity contribution in [1.82, 2.24) is 14.8 Å². The summed E-state index contributed by atoms with van der Waals surface area (Å²) in [4.78, 5) is 16.3. The molecule has 1 aliphatic heterocycles. The minimum absolute atomic E-state index is 0.0779. The Kier molecular flexibility index (Phi) is 2.11. The normalized spacial score (nSPS) is 14.1. The van der Waals surface area contributed by atoms with Crippen LogP contribution >= 0.6 is 11.3 Å². The zero-order valence-electron chi connectivity index (χ0n) is 9.03. The molecular formula is C9H9N5O2S. The largest absolute Gasteiger partial charge is 0.345 e. The van der Waals surface area contributed by atoms with E-state index in [0.717, 1.165) is 22.6 Å². The molecule has 7 nitrogen and oxygen atoms in total. The molecule has 3 heterocycles. The van der Waals surface area contributed by atoms with E-state index in [1.807, 2.05) is 22.8 Å². The van der Waals surface area contributed by atoms with Gasteiger partial charge in [0.05, 0.1) is 23.4 Å². The Bertz CT molecular complexity index is 590. The highest BCUT2D eigenvalue weighted by Gasteiger charge is 2.26. The predicted molar refractivity (Wildman–Crippen MR) is 61.9 cm³/mol. The van der Waals surface area contributed by atoms with Crippen molar-refractivity contribution in [2.75, 3.05) is 4.90 Å². The van der Waals surface area contributed by atoms with Gasteiger partial charge in [0, 0.05) is 19.2 Å². The minimum atomic E-state index is -0.411. The van der Waals surface area contributed by atoms with Crippen molar-refractivity contribution >= 4 is 21.5 Å². The molecule has 1 aliphatic rings. The molecule has 2 aromatic rings. The highest BCUT2D eigenvalue weighted by atomic mass is 32.1. The van der Waals surface area contributed by atoms with Gasteiger partial charge in [0.25, 0.3) is 0 Å². The van der Waals surface area contributed by atoms with Crippen LogP contribution in [0.5, 0.6) is 0 Å². The van der Waals surface area contributed by atoms with Crippen LogP contribution < -0.4 is 4.90 Å². The summed E-state index contributed by atoms with van der Waals surface area (Å²) in [5, 5.41) is 15.5. The predicted octanol–water partition coefficient (Wildman–Crippen LogP) is 1.30. The number of hydrogen-bond donors (Lipinski definition) is 0. The molecule has 0 atom stereocenters. The summed E-state index contributed by atoms with van der Waals surface area (Å²) in [5.41, 5.74) is 2.30. The lowest BCUT2D eigenvalue weighted by atomic mass is 10.3. The van der Waals surface area contributed by atoms with E-state index in [2.05, 4.69) is 10.1 Å². The van der Waals surface area contributed by atoms with Gasteiger partial charge in [0.2, 0.25) is 0 Å². The van der Waals surface area contributed by atoms with Gasteiger partial charge in [-0.1, -0.05) is 0 Å². The van der Waals surface area contributed by atoms with Crippen molar-refractivity contribution in [3.8, 4) is 0 Å². The van der Waals surface area contributed by atoms with E-state index in [-0.39, 0.29) is 5.00 Å². The molecule has 8 heteroatoms. The smallest absolute Gasteiger partial charge is 0.338 e. The lowest BCUT2D eigenvalue weighted by molar-refractivity contribution is -0.380. The van der Waals surface area contributed by atoms with Gasteiger partial charge >= 0.3 is 5.00 Å². The van der Waals surface area contributed by atoms with Gasteiger partial charge < -0.3 is 4.90 Å². The molecule has 0 unspecified atom stereocenters. The van der Waals surface area contributed by atoms with Crippen molar-refractivity contribution in [3.63, 3.8) is 0 Å². The lowest BCUT2D eigenvalue weighted by Crippen LogP contribution is -2.15. The summed E-state index contributed by atoms with van der Waals surface area (Å²) in [6, 6.07) is 0. The lowest BCUT2D eigenvalue weighted by Gasteiger charge is -2.12. The molecule has 0 N–H and O–H groups in total. The van der Waals surface area contributed by atoms with Crippen LogP contribution in [0.25, 0.3) is 0 Å². The molecule has 0 spiro atoms. The number of anilines is 1. The second-order valence-corrected chi connectivity index (χ2v) is 4.82. The third kappa shape index (κ3) is 1.57. The Morgan fingerprint density at radius 2 is 2.29 bits per heavy atom. The first-order chi connectivity index (χ1) is 8.15. The minimum Gasteiger partial charge on any atom is -0.338 e. The Labute approximate surface area is 100 Å². The van der Waals surface area contributed by atoms with Gasteiger partial charge in [-0.3, -0.25) is 14.8 Å². The molecule has 0 saturated carbocycles. The van der Waals surface area contributed by atoms with Crippen LogP contribution in [-0.4, -0.2) is 19.7 Å². The van der Waals surface area contributed by atoms with Crippen LogP contribution in [-0.2, 0) is 20.1 Å². The molecule has 0 aromatic carbocycles. The molecule has 88 valence electrons. The van der Waals surface area contributed by atoms with E-state index in [4.69, 9.17) is 0 Å². The van der Waals surface area contributed by atoms with Crippen LogP contribution in [0.15, 0.2) is 12.4 Å². The summed E-state index contributed by atoms with van der Waals surface area (Å²) < 4.78 is 1.83. The number of thiazole rings is 1. The van der Waals surface area contributed by atoms with Crippen LogP contribution in [0.4, 0.5) is 10.1 Å². The summed E-state index contributed by atoms with van der Waals surface area (Å²) in [5.74, 6) is 0. The maximum Gasteiger partial charge on any atom is 0.345 e. The highest BCUT2D eigenvalue weighted by molar-refractivity contribution is 7.18. The van der Waals surface area contributed by atoms with Crippen molar-refractivity contribution in [1.29, 1.82) is 0 Å². The summed E-state index contributed by atoms with van der Waals surface area (Å²) in [6.45, 7) is 1.42. The van der Waals surface area contributed by atoms with Gasteiger partial charge in [-0.25, -0.2) is 4.98 Å². The average Bonchev–Trinajstić information content (AvgIpc) is 2.95. The average molecular weight is 251 g/mol. The molecule has 0 fully saturated rings. The number of hydrogen-bond acceptors (Lipinski definition) is 6. The van der Waals surface area contributed by atoms with Crippen LogP contribution in [0, 0.1) is 10.1 Å². The maximum atomic E-state index is 10.6. The second-order valence-electron chi connectivity index (χ2n) is 3.83. The number of nitro groups is 1. The van der Waals surface area contributed by atoms with Crippen LogP contribution in [0.3, 0.4) is 0 Å².